The van der Waals surface area contributed by atoms with Gasteiger partial charge in [-0.1, -0.05) is 13.8 Å². The highest BCUT2D eigenvalue weighted by Gasteiger charge is 2.31. The van der Waals surface area contributed by atoms with E-state index in [1.54, 1.807) is 0 Å². The maximum Gasteiger partial charge on any atom is 0.304 e. The van der Waals surface area contributed by atoms with Gasteiger partial charge < -0.3 is 14.6 Å². The molecule has 0 saturated heterocycles. The number of ether oxygens (including phenoxy) is 2. The second-order valence-corrected chi connectivity index (χ2v) is 6.15. The molecule has 5 heteroatoms. The predicted molar refractivity (Wildman–Crippen MR) is 75.1 cm³/mol. The van der Waals surface area contributed by atoms with Gasteiger partial charge >= 0.3 is 5.97 Å². The molecule has 104 valence electrons. The number of benzene rings is 1. The third-order valence-electron chi connectivity index (χ3n) is 3.24. The highest BCUT2D eigenvalue weighted by molar-refractivity contribution is 9.10. The van der Waals surface area contributed by atoms with Gasteiger partial charge in [-0.05, 0) is 40.0 Å². The number of fused-ring (bicyclic) bond motifs is 1. The first-order valence-electron chi connectivity index (χ1n) is 6.14. The molecule has 2 rings (SSSR count). The summed E-state index contributed by atoms with van der Waals surface area (Å²) in [5.74, 6) is 0.571. The number of rotatable bonds is 3. The Kier molecular flexibility index (Phi) is 3.76. The van der Waals surface area contributed by atoms with Gasteiger partial charge in [-0.2, -0.15) is 0 Å². The summed E-state index contributed by atoms with van der Waals surface area (Å²) in [6, 6.07) is 1.91. The number of hydrogen-bond acceptors (Lipinski definition) is 3. The second-order valence-electron chi connectivity index (χ2n) is 5.36. The van der Waals surface area contributed by atoms with E-state index in [0.717, 1.165) is 15.6 Å². The lowest BCUT2D eigenvalue weighted by Crippen LogP contribution is -2.25. The van der Waals surface area contributed by atoms with Crippen LogP contribution in [0, 0.1) is 6.92 Å². The lowest BCUT2D eigenvalue weighted by atomic mass is 9.79. The second kappa shape index (κ2) is 5.04. The molecule has 1 N–H and O–H groups in total. The average Bonchev–Trinajstić information content (AvgIpc) is 2.26. The van der Waals surface area contributed by atoms with Crippen molar-refractivity contribution in [3.63, 3.8) is 0 Å². The van der Waals surface area contributed by atoms with Crippen molar-refractivity contribution in [2.45, 2.75) is 32.6 Å². The van der Waals surface area contributed by atoms with Gasteiger partial charge in [-0.3, -0.25) is 4.79 Å². The maximum atomic E-state index is 11.0. The molecule has 0 amide bonds. The van der Waals surface area contributed by atoms with Crippen molar-refractivity contribution in [1.29, 1.82) is 0 Å². The van der Waals surface area contributed by atoms with Crippen LogP contribution in [0.1, 0.15) is 31.4 Å². The van der Waals surface area contributed by atoms with Crippen LogP contribution < -0.4 is 9.47 Å². The van der Waals surface area contributed by atoms with Gasteiger partial charge in [0.05, 0.1) is 10.9 Å². The first kappa shape index (κ1) is 14.2. The number of carbonyl (C=O) groups is 1. The molecule has 1 aliphatic heterocycles. The molecule has 0 bridgehead atoms. The molecule has 0 aliphatic carbocycles. The van der Waals surface area contributed by atoms with E-state index in [4.69, 9.17) is 14.6 Å². The Morgan fingerprint density at radius 2 is 2.05 bits per heavy atom. The Morgan fingerprint density at radius 1 is 1.42 bits per heavy atom. The van der Waals surface area contributed by atoms with Crippen LogP contribution in [0.4, 0.5) is 0 Å². The average molecular weight is 329 g/mol. The van der Waals surface area contributed by atoms with E-state index >= 15 is 0 Å². The molecule has 0 fully saturated rings. The summed E-state index contributed by atoms with van der Waals surface area (Å²) >= 11 is 3.55. The minimum atomic E-state index is -0.814. The van der Waals surface area contributed by atoms with Gasteiger partial charge in [-0.15, -0.1) is 0 Å². The predicted octanol–water partition coefficient (Wildman–Crippen LogP) is 3.28. The first-order chi connectivity index (χ1) is 8.83. The summed E-state index contributed by atoms with van der Waals surface area (Å²) in [4.78, 5) is 11.0. The minimum absolute atomic E-state index is 0.0616. The SMILES string of the molecule is Cc1cc2c(c(Br)c1C(C)(C)CC(=O)O)OCCO2. The molecule has 19 heavy (non-hydrogen) atoms. The number of carboxylic acids is 1. The van der Waals surface area contributed by atoms with Crippen molar-refractivity contribution in [2.24, 2.45) is 0 Å². The van der Waals surface area contributed by atoms with Crippen molar-refractivity contribution in [3.05, 3.63) is 21.7 Å². The third-order valence-corrected chi connectivity index (χ3v) is 4.00. The number of carboxylic acid groups (broad SMARTS) is 1. The lowest BCUT2D eigenvalue weighted by Gasteiger charge is -2.30. The Morgan fingerprint density at radius 3 is 2.68 bits per heavy atom. The van der Waals surface area contributed by atoms with E-state index in [1.165, 1.54) is 0 Å². The zero-order valence-corrected chi connectivity index (χ0v) is 12.8. The highest BCUT2D eigenvalue weighted by atomic mass is 79.9. The zero-order chi connectivity index (χ0) is 14.2. The molecule has 4 nitrogen and oxygen atoms in total. The quantitative estimate of drug-likeness (QED) is 0.925. The Bertz CT molecular complexity index is 523. The van der Waals surface area contributed by atoms with Crippen LogP contribution in [0.15, 0.2) is 10.5 Å². The fourth-order valence-corrected chi connectivity index (χ4v) is 3.72. The molecule has 0 saturated carbocycles. The zero-order valence-electron chi connectivity index (χ0n) is 11.2. The van der Waals surface area contributed by atoms with E-state index in [-0.39, 0.29) is 6.42 Å². The number of aliphatic carboxylic acids is 1. The molecule has 0 unspecified atom stereocenters. The molecule has 0 aromatic heterocycles. The monoisotopic (exact) mass is 328 g/mol. The van der Waals surface area contributed by atoms with Gasteiger partial charge in [0.2, 0.25) is 0 Å². The summed E-state index contributed by atoms with van der Waals surface area (Å²) in [6.45, 7) is 6.85. The van der Waals surface area contributed by atoms with Gasteiger partial charge in [0, 0.05) is 5.41 Å². The van der Waals surface area contributed by atoms with Crippen molar-refractivity contribution in [1.82, 2.24) is 0 Å². The fourth-order valence-electron chi connectivity index (χ4n) is 2.56. The van der Waals surface area contributed by atoms with E-state index in [0.29, 0.717) is 24.7 Å². The molecule has 0 radical (unpaired) electrons. The molecule has 1 aliphatic rings. The van der Waals surface area contributed by atoms with Crippen molar-refractivity contribution < 1.29 is 19.4 Å². The molecule has 1 aromatic carbocycles. The Balaban J connectivity index is 2.54. The summed E-state index contributed by atoms with van der Waals surface area (Å²) < 4.78 is 12.0. The summed E-state index contributed by atoms with van der Waals surface area (Å²) in [6.07, 6.45) is 0.0616. The van der Waals surface area contributed by atoms with Crippen molar-refractivity contribution in [3.8, 4) is 11.5 Å². The number of hydrogen-bond donors (Lipinski definition) is 1. The summed E-state index contributed by atoms with van der Waals surface area (Å²) in [5.41, 5.74) is 1.48. The van der Waals surface area contributed by atoms with Gasteiger partial charge in [0.15, 0.2) is 11.5 Å². The normalized spacial score (nSPS) is 14.3. The molecule has 1 aromatic rings. The number of aryl methyl sites for hydroxylation is 1. The maximum absolute atomic E-state index is 11.0. The van der Waals surface area contributed by atoms with E-state index < -0.39 is 11.4 Å². The third kappa shape index (κ3) is 2.71. The molecular formula is C14H17BrO4. The topological polar surface area (TPSA) is 55.8 Å². The van der Waals surface area contributed by atoms with Crippen molar-refractivity contribution >= 4 is 21.9 Å². The Hall–Kier alpha value is -1.23. The molecule has 1 heterocycles. The standard InChI is InChI=1S/C14H17BrO4/c1-8-6-9-13(19-5-4-18-9)12(15)11(8)14(2,3)7-10(16)17/h6H,4-5,7H2,1-3H3,(H,16,17). The van der Waals surface area contributed by atoms with Crippen LogP contribution in [0.3, 0.4) is 0 Å². The largest absolute Gasteiger partial charge is 0.486 e. The minimum Gasteiger partial charge on any atom is -0.486 e. The van der Waals surface area contributed by atoms with Gasteiger partial charge in [0.25, 0.3) is 0 Å². The van der Waals surface area contributed by atoms with Crippen LogP contribution in [-0.2, 0) is 10.2 Å². The highest BCUT2D eigenvalue weighted by Crippen LogP contribution is 2.46. The first-order valence-corrected chi connectivity index (χ1v) is 6.93. The Labute approximate surface area is 120 Å². The smallest absolute Gasteiger partial charge is 0.304 e. The lowest BCUT2D eigenvalue weighted by molar-refractivity contribution is -0.138. The van der Waals surface area contributed by atoms with Crippen LogP contribution in [0.5, 0.6) is 11.5 Å². The van der Waals surface area contributed by atoms with Crippen LogP contribution in [-0.4, -0.2) is 24.3 Å². The van der Waals surface area contributed by atoms with Crippen LogP contribution >= 0.6 is 15.9 Å². The summed E-state index contributed by atoms with van der Waals surface area (Å²) in [5, 5.41) is 9.06. The van der Waals surface area contributed by atoms with Gasteiger partial charge in [0.1, 0.15) is 13.2 Å². The van der Waals surface area contributed by atoms with Gasteiger partial charge in [-0.25, -0.2) is 0 Å². The van der Waals surface area contributed by atoms with Crippen molar-refractivity contribution in [2.75, 3.05) is 13.2 Å². The molecule has 0 atom stereocenters. The van der Waals surface area contributed by atoms with Crippen LogP contribution in [0.2, 0.25) is 0 Å². The molecular weight excluding hydrogens is 312 g/mol. The van der Waals surface area contributed by atoms with E-state index in [1.807, 2.05) is 26.8 Å². The fraction of sp³-hybridized carbons (Fsp3) is 0.500. The van der Waals surface area contributed by atoms with E-state index in [9.17, 15) is 4.79 Å². The summed E-state index contributed by atoms with van der Waals surface area (Å²) in [7, 11) is 0. The molecule has 0 spiro atoms. The number of halogens is 1. The van der Waals surface area contributed by atoms with E-state index in [2.05, 4.69) is 15.9 Å². The van der Waals surface area contributed by atoms with Crippen LogP contribution in [0.25, 0.3) is 0 Å².